The monoisotopic (exact) mass is 606 g/mol. The maximum Gasteiger partial charge on any atom is 0.406 e. The standard InChI is InChI=1S/C30H37F3N4O4S/c1-40-18-6-15-36-16-12-22(13-17-36)35-26-8-4-9-28-25(26)19-23(37(28)21-30(31,32)33)7-5-14-34-27-11-10-24(42(3,38)39)20-29(27)41-2/h4,8-11,19-20,22,34-35H,6,12-18,21H2,1-3H3. The summed E-state index contributed by atoms with van der Waals surface area (Å²) in [7, 11) is -0.283. The second kappa shape index (κ2) is 13.7. The van der Waals surface area contributed by atoms with Crippen LogP contribution in [-0.4, -0.2) is 83.4 Å². The minimum absolute atomic E-state index is 0.107. The molecular formula is C30H37F3N4O4S. The number of methoxy groups -OCH3 is 2. The number of nitrogens with one attached hydrogen (secondary N) is 2. The van der Waals surface area contributed by atoms with E-state index >= 15 is 0 Å². The third-order valence-electron chi connectivity index (χ3n) is 7.24. The molecule has 0 radical (unpaired) electrons. The number of alkyl halides is 3. The normalized spacial score (nSPS) is 14.9. The van der Waals surface area contributed by atoms with Crippen LogP contribution in [0.25, 0.3) is 10.9 Å². The molecule has 228 valence electrons. The van der Waals surface area contributed by atoms with Crippen molar-refractivity contribution in [2.45, 2.75) is 42.9 Å². The summed E-state index contributed by atoms with van der Waals surface area (Å²) < 4.78 is 76.1. The molecule has 0 spiro atoms. The van der Waals surface area contributed by atoms with Crippen LogP contribution in [0, 0.1) is 11.8 Å². The Balaban J connectivity index is 1.52. The van der Waals surface area contributed by atoms with E-state index in [0.717, 1.165) is 57.4 Å². The first kappa shape index (κ1) is 31.5. The maximum absolute atomic E-state index is 13.6. The van der Waals surface area contributed by atoms with Gasteiger partial charge < -0.3 is 29.6 Å². The van der Waals surface area contributed by atoms with E-state index in [1.54, 1.807) is 31.4 Å². The lowest BCUT2D eigenvalue weighted by Crippen LogP contribution is -2.39. The number of piperidine rings is 1. The van der Waals surface area contributed by atoms with Crippen LogP contribution in [0.2, 0.25) is 0 Å². The van der Waals surface area contributed by atoms with Gasteiger partial charge in [0, 0.05) is 62.8 Å². The highest BCUT2D eigenvalue weighted by atomic mass is 32.2. The summed E-state index contributed by atoms with van der Waals surface area (Å²) in [4.78, 5) is 2.53. The molecule has 3 aromatic rings. The van der Waals surface area contributed by atoms with Crippen molar-refractivity contribution in [1.82, 2.24) is 9.47 Å². The number of sulfone groups is 1. The van der Waals surface area contributed by atoms with Crippen molar-refractivity contribution in [2.75, 3.05) is 63.9 Å². The van der Waals surface area contributed by atoms with Gasteiger partial charge in [0.2, 0.25) is 0 Å². The predicted molar refractivity (Wildman–Crippen MR) is 159 cm³/mol. The number of aromatic nitrogens is 1. The zero-order valence-corrected chi connectivity index (χ0v) is 24.9. The van der Waals surface area contributed by atoms with Crippen molar-refractivity contribution in [3.05, 3.63) is 48.2 Å². The van der Waals surface area contributed by atoms with Gasteiger partial charge in [-0.1, -0.05) is 12.0 Å². The fraction of sp³-hybridized carbons (Fsp3) is 0.467. The van der Waals surface area contributed by atoms with Crippen LogP contribution in [0.1, 0.15) is 25.0 Å². The SMILES string of the molecule is COCCCN1CCC(Nc2cccc3c2cc(C#CCNc2ccc(S(C)(=O)=O)cc2OC)n3CC(F)(F)F)CC1. The quantitative estimate of drug-likeness (QED) is 0.235. The van der Waals surface area contributed by atoms with Crippen LogP contribution in [0.4, 0.5) is 24.5 Å². The van der Waals surface area contributed by atoms with E-state index in [0.29, 0.717) is 22.3 Å². The molecule has 0 amide bonds. The second-order valence-electron chi connectivity index (χ2n) is 10.4. The maximum atomic E-state index is 13.6. The Morgan fingerprint density at radius 2 is 1.83 bits per heavy atom. The van der Waals surface area contributed by atoms with E-state index in [-0.39, 0.29) is 23.2 Å². The Morgan fingerprint density at radius 1 is 1.07 bits per heavy atom. The van der Waals surface area contributed by atoms with Crippen molar-refractivity contribution >= 4 is 32.1 Å². The van der Waals surface area contributed by atoms with Gasteiger partial charge in [-0.25, -0.2) is 8.42 Å². The number of rotatable bonds is 11. The number of hydrogen-bond acceptors (Lipinski definition) is 7. The zero-order chi connectivity index (χ0) is 30.3. The predicted octanol–water partition coefficient (Wildman–Crippen LogP) is 4.99. The second-order valence-corrected chi connectivity index (χ2v) is 12.4. The molecule has 1 aliphatic heterocycles. The third kappa shape index (κ3) is 8.33. The molecule has 2 aromatic carbocycles. The molecule has 8 nitrogen and oxygen atoms in total. The Morgan fingerprint density at radius 3 is 2.50 bits per heavy atom. The number of fused-ring (bicyclic) bond motifs is 1. The molecule has 4 rings (SSSR count). The number of nitrogens with zero attached hydrogens (tertiary/aromatic N) is 2. The van der Waals surface area contributed by atoms with E-state index < -0.39 is 22.6 Å². The average Bonchev–Trinajstić information content (AvgIpc) is 3.28. The molecule has 0 bridgehead atoms. The van der Waals surface area contributed by atoms with E-state index in [4.69, 9.17) is 9.47 Å². The summed E-state index contributed by atoms with van der Waals surface area (Å²) in [6, 6.07) is 11.7. The van der Waals surface area contributed by atoms with Crippen LogP contribution in [0.5, 0.6) is 5.75 Å². The van der Waals surface area contributed by atoms with Gasteiger partial charge in [0.1, 0.15) is 12.3 Å². The highest BCUT2D eigenvalue weighted by Gasteiger charge is 2.30. The molecule has 1 fully saturated rings. The van der Waals surface area contributed by atoms with Gasteiger partial charge in [0.25, 0.3) is 0 Å². The third-order valence-corrected chi connectivity index (χ3v) is 8.35. The lowest BCUT2D eigenvalue weighted by molar-refractivity contribution is -0.140. The van der Waals surface area contributed by atoms with Crippen LogP contribution in [-0.2, 0) is 21.1 Å². The van der Waals surface area contributed by atoms with Gasteiger partial charge in [0.15, 0.2) is 9.84 Å². The number of anilines is 2. The van der Waals surface area contributed by atoms with Gasteiger partial charge in [-0.3, -0.25) is 0 Å². The van der Waals surface area contributed by atoms with Crippen molar-refractivity contribution in [1.29, 1.82) is 0 Å². The number of likely N-dealkylation sites (tertiary alicyclic amines) is 1. The first-order chi connectivity index (χ1) is 20.0. The van der Waals surface area contributed by atoms with E-state index in [1.165, 1.54) is 23.8 Å². The van der Waals surface area contributed by atoms with Gasteiger partial charge in [-0.05, 0) is 55.5 Å². The highest BCUT2D eigenvalue weighted by Crippen LogP contribution is 2.31. The van der Waals surface area contributed by atoms with Gasteiger partial charge in [-0.2, -0.15) is 13.2 Å². The number of ether oxygens (including phenoxy) is 2. The summed E-state index contributed by atoms with van der Waals surface area (Å²) in [5, 5.41) is 7.31. The molecule has 1 aliphatic rings. The Kier molecular flexibility index (Phi) is 10.3. The summed E-state index contributed by atoms with van der Waals surface area (Å²) in [5.74, 6) is 6.12. The van der Waals surface area contributed by atoms with Crippen LogP contribution in [0.15, 0.2) is 47.4 Å². The smallest absolute Gasteiger partial charge is 0.406 e. The molecule has 1 aromatic heterocycles. The van der Waals surface area contributed by atoms with E-state index in [2.05, 4.69) is 27.4 Å². The summed E-state index contributed by atoms with van der Waals surface area (Å²) in [6.45, 7) is 2.60. The molecule has 0 aliphatic carbocycles. The summed E-state index contributed by atoms with van der Waals surface area (Å²) in [6.07, 6.45) is -0.438. The summed E-state index contributed by atoms with van der Waals surface area (Å²) >= 11 is 0. The molecule has 12 heteroatoms. The first-order valence-electron chi connectivity index (χ1n) is 13.8. The molecule has 0 unspecified atom stereocenters. The Hall–Kier alpha value is -3.40. The van der Waals surface area contributed by atoms with Crippen molar-refractivity contribution in [2.24, 2.45) is 0 Å². The number of halogens is 3. The fourth-order valence-corrected chi connectivity index (χ4v) is 5.78. The van der Waals surface area contributed by atoms with Crippen LogP contribution < -0.4 is 15.4 Å². The van der Waals surface area contributed by atoms with Crippen molar-refractivity contribution in [3.63, 3.8) is 0 Å². The minimum atomic E-state index is -4.42. The Bertz CT molecular complexity index is 1540. The highest BCUT2D eigenvalue weighted by molar-refractivity contribution is 7.90. The van der Waals surface area contributed by atoms with E-state index in [9.17, 15) is 21.6 Å². The zero-order valence-electron chi connectivity index (χ0n) is 24.1. The molecule has 2 N–H and O–H groups in total. The fourth-order valence-electron chi connectivity index (χ4n) is 5.14. The van der Waals surface area contributed by atoms with Crippen LogP contribution >= 0.6 is 0 Å². The van der Waals surface area contributed by atoms with Gasteiger partial charge in [-0.15, -0.1) is 0 Å². The Labute approximate surface area is 245 Å². The molecular weight excluding hydrogens is 569 g/mol. The van der Waals surface area contributed by atoms with Crippen molar-refractivity contribution in [3.8, 4) is 17.6 Å². The lowest BCUT2D eigenvalue weighted by Gasteiger charge is -2.33. The first-order valence-corrected chi connectivity index (χ1v) is 15.7. The number of hydrogen-bond donors (Lipinski definition) is 2. The molecule has 0 atom stereocenters. The molecule has 2 heterocycles. The summed E-state index contributed by atoms with van der Waals surface area (Å²) in [5.41, 5.74) is 2.03. The lowest BCUT2D eigenvalue weighted by atomic mass is 10.0. The van der Waals surface area contributed by atoms with Crippen LogP contribution in [0.3, 0.4) is 0 Å². The van der Waals surface area contributed by atoms with Gasteiger partial charge >= 0.3 is 6.18 Å². The van der Waals surface area contributed by atoms with Crippen molar-refractivity contribution < 1.29 is 31.1 Å². The molecule has 1 saturated heterocycles. The topological polar surface area (TPSA) is 84.8 Å². The average molecular weight is 607 g/mol. The minimum Gasteiger partial charge on any atom is -0.495 e. The largest absolute Gasteiger partial charge is 0.495 e. The van der Waals surface area contributed by atoms with Gasteiger partial charge in [0.05, 0.1) is 35.4 Å². The number of benzene rings is 2. The van der Waals surface area contributed by atoms with E-state index in [1.807, 2.05) is 6.07 Å². The molecule has 0 saturated carbocycles. The molecule has 42 heavy (non-hydrogen) atoms.